The SMILES string of the molecule is COCC1CC#CC2C#CC3=C(C=CC(N)N3)CC3CCC4(Cc5cc(O)cc(OC)c5-c5ccc6c(c54)OC(c4c5c(c(O)c(c42)CNCC1CO)OC1C(C=C5)NC2CCCC(CSSC1Cc1ccccc1)C2)C6COC(C)=O)C3. The summed E-state index contributed by atoms with van der Waals surface area (Å²) in [5.74, 6) is 16.4. The van der Waals surface area contributed by atoms with Crippen molar-refractivity contribution in [3.05, 3.63) is 129 Å². The highest BCUT2D eigenvalue weighted by Crippen LogP contribution is 2.64. The van der Waals surface area contributed by atoms with Gasteiger partial charge < -0.3 is 60.7 Å². The number of aromatic hydroxyl groups is 2. The van der Waals surface area contributed by atoms with Crippen LogP contribution in [0.2, 0.25) is 0 Å². The van der Waals surface area contributed by atoms with E-state index in [-0.39, 0.29) is 66.3 Å². The van der Waals surface area contributed by atoms with Crippen molar-refractivity contribution >= 4 is 33.6 Å². The Hall–Kier alpha value is -6.01. The minimum Gasteiger partial charge on any atom is -0.508 e. The van der Waals surface area contributed by atoms with Crippen molar-refractivity contribution in [1.29, 1.82) is 0 Å². The number of carbonyl (C=O) groups excluding carboxylic acids is 1. The Bertz CT molecular complexity index is 3400. The van der Waals surface area contributed by atoms with Crippen molar-refractivity contribution in [3.8, 4) is 63.6 Å². The first-order valence-electron chi connectivity index (χ1n) is 30.0. The zero-order valence-corrected chi connectivity index (χ0v) is 49.3. The molecule has 6 aliphatic heterocycles. The molecule has 13 atom stereocenters. The van der Waals surface area contributed by atoms with Crippen LogP contribution in [0, 0.1) is 47.4 Å². The number of hydrogen-bond acceptors (Lipinski definition) is 15. The van der Waals surface area contributed by atoms with Gasteiger partial charge in [0, 0.05) is 103 Å². The number of aliphatic hydroxyl groups excluding tert-OH is 1. The number of phenolic OH excluding ortho intramolecular Hbond substituents is 2. The highest BCUT2D eigenvalue weighted by Gasteiger charge is 2.52. The number of carbonyl (C=O) groups is 1. The molecule has 4 aromatic carbocycles. The highest BCUT2D eigenvalue weighted by atomic mass is 33.1. The lowest BCUT2D eigenvalue weighted by Crippen LogP contribution is -2.52. The predicted molar refractivity (Wildman–Crippen MR) is 326 cm³/mol. The van der Waals surface area contributed by atoms with E-state index in [0.717, 1.165) is 108 Å². The molecule has 0 amide bonds. The molecular weight excluding hydrogens is 1080 g/mol. The van der Waals surface area contributed by atoms with Crippen molar-refractivity contribution in [3.63, 3.8) is 0 Å². The van der Waals surface area contributed by atoms with Crippen LogP contribution in [0.15, 0.2) is 84.1 Å². The van der Waals surface area contributed by atoms with Crippen LogP contribution in [0.1, 0.15) is 127 Å². The fraction of sp³-hybridized carbons (Fsp3) is 0.485. The average Bonchev–Trinajstić information content (AvgIpc) is 2.61. The number of nitrogens with one attached hydrogen (secondary N) is 3. The summed E-state index contributed by atoms with van der Waals surface area (Å²) in [5, 5.41) is 47.3. The molecule has 13 rings (SSSR count). The van der Waals surface area contributed by atoms with Gasteiger partial charge in [0.1, 0.15) is 42.0 Å². The number of nitrogens with two attached hydrogens (primary N) is 1. The number of ether oxygens (including phenoxy) is 5. The van der Waals surface area contributed by atoms with E-state index in [9.17, 15) is 20.1 Å². The first-order valence-corrected chi connectivity index (χ1v) is 32.3. The van der Waals surface area contributed by atoms with Crippen LogP contribution in [-0.2, 0) is 39.1 Å². The van der Waals surface area contributed by atoms with Crippen molar-refractivity contribution in [2.45, 2.75) is 137 Å². The quantitative estimate of drug-likeness (QED) is 0.0502. The van der Waals surface area contributed by atoms with Gasteiger partial charge in [-0.25, -0.2) is 0 Å². The molecule has 434 valence electrons. The van der Waals surface area contributed by atoms with Gasteiger partial charge in [-0.1, -0.05) is 101 Å². The molecule has 6 bridgehead atoms. The number of phenols is 2. The van der Waals surface area contributed by atoms with Crippen LogP contribution in [0.25, 0.3) is 17.2 Å². The van der Waals surface area contributed by atoms with E-state index in [4.69, 9.17) is 29.4 Å². The lowest BCUT2D eigenvalue weighted by molar-refractivity contribution is -0.141. The van der Waals surface area contributed by atoms with Gasteiger partial charge in [-0.3, -0.25) is 4.79 Å². The first kappa shape index (κ1) is 56.1. The third-order valence-corrected chi connectivity index (χ3v) is 22.3. The van der Waals surface area contributed by atoms with E-state index < -0.39 is 41.6 Å². The van der Waals surface area contributed by atoms with E-state index in [2.05, 4.69) is 100 Å². The minimum atomic E-state index is -0.815. The largest absolute Gasteiger partial charge is 0.508 e. The van der Waals surface area contributed by atoms with Crippen LogP contribution in [-0.4, -0.2) is 97.2 Å². The first-order chi connectivity index (χ1) is 40.5. The molecule has 8 N–H and O–H groups in total. The number of benzene rings is 4. The molecule has 2 saturated carbocycles. The van der Waals surface area contributed by atoms with Crippen molar-refractivity contribution in [2.75, 3.05) is 46.3 Å². The maximum absolute atomic E-state index is 13.6. The fourth-order valence-electron chi connectivity index (χ4n) is 15.5. The minimum absolute atomic E-state index is 0.00413. The molecule has 6 heterocycles. The molecule has 1 spiro atoms. The van der Waals surface area contributed by atoms with Gasteiger partial charge in [-0.2, -0.15) is 0 Å². The maximum Gasteiger partial charge on any atom is 0.302 e. The molecule has 15 heteroatoms. The summed E-state index contributed by atoms with van der Waals surface area (Å²) in [7, 11) is 7.17. The summed E-state index contributed by atoms with van der Waals surface area (Å²) >= 11 is 0. The Morgan fingerprint density at radius 2 is 1.84 bits per heavy atom. The maximum atomic E-state index is 13.6. The molecule has 0 radical (unpaired) electrons. The van der Waals surface area contributed by atoms with Gasteiger partial charge in [0.15, 0.2) is 11.5 Å². The number of dihydropyridines is 1. The zero-order valence-electron chi connectivity index (χ0n) is 47.6. The van der Waals surface area contributed by atoms with Gasteiger partial charge >= 0.3 is 5.97 Å². The number of esters is 1. The van der Waals surface area contributed by atoms with Gasteiger partial charge in [-0.15, -0.1) is 5.92 Å². The van der Waals surface area contributed by atoms with Crippen LogP contribution < -0.4 is 35.9 Å². The molecule has 13 unspecified atom stereocenters. The van der Waals surface area contributed by atoms with E-state index in [1.807, 2.05) is 33.7 Å². The number of methoxy groups -OCH3 is 2. The Labute approximate surface area is 495 Å². The summed E-state index contributed by atoms with van der Waals surface area (Å²) in [6, 6.07) is 18.6. The number of hydrogen-bond donors (Lipinski definition) is 7. The van der Waals surface area contributed by atoms with Crippen LogP contribution in [0.5, 0.6) is 28.7 Å². The van der Waals surface area contributed by atoms with Crippen LogP contribution in [0.4, 0.5) is 0 Å². The second-order valence-corrected chi connectivity index (χ2v) is 27.3. The van der Waals surface area contributed by atoms with Gasteiger partial charge in [0.25, 0.3) is 0 Å². The normalized spacial score (nSPS) is 31.0. The zero-order chi connectivity index (χ0) is 56.9. The molecule has 1 saturated heterocycles. The molecule has 13 nitrogen and oxygen atoms in total. The van der Waals surface area contributed by atoms with Gasteiger partial charge in [-0.05, 0) is 121 Å². The van der Waals surface area contributed by atoms with Gasteiger partial charge in [0.2, 0.25) is 0 Å². The lowest BCUT2D eigenvalue weighted by Gasteiger charge is -2.39. The number of aliphatic hydroxyl groups is 1. The molecule has 83 heavy (non-hydrogen) atoms. The standard InChI is InChI=1S/C68H76N4O9S2/c1-38(74)79-36-53-49-17-18-50-59-45(28-48(75)29-56(59)78-3)31-68-24-23-40(30-68)25-43-16-22-58(69)72-54(43)20-15-42-12-8-13-44(35-77-2)46(34-73)32-70-33-52-60(42)61(64(53)80-65(49)62(50)68)51-19-21-55-67(81-66(51)63(52)76)57(27-39-9-5-4-6-10-39)83-82-37-41-11-7-14-47(26-41)71-55/h4-6,9-10,16-19,21-22,28-29,40-42,44,46-47,53,55,57-58,64,67,70-73,75-76H,7,11,13-14,23-27,30-37,69H2,1-3H3. The summed E-state index contributed by atoms with van der Waals surface area (Å²) in [5.41, 5.74) is 17.0. The van der Waals surface area contributed by atoms with Crippen molar-refractivity contribution < 1.29 is 43.8 Å². The van der Waals surface area contributed by atoms with Gasteiger partial charge in [0.05, 0.1) is 42.8 Å². The second-order valence-electron chi connectivity index (χ2n) is 24.6. The summed E-state index contributed by atoms with van der Waals surface area (Å²) in [6.07, 6.45) is 16.6. The average molecular weight is 1160 g/mol. The topological polar surface area (TPSA) is 186 Å². The molecular formula is C68H76N4O9S2. The Morgan fingerprint density at radius 3 is 2.67 bits per heavy atom. The lowest BCUT2D eigenvalue weighted by atomic mass is 9.65. The number of fused-ring (bicyclic) bond motifs is 10. The van der Waals surface area contributed by atoms with Crippen molar-refractivity contribution in [1.82, 2.24) is 16.0 Å². The molecule has 0 aromatic heterocycles. The molecule has 3 fully saturated rings. The van der Waals surface area contributed by atoms with Crippen LogP contribution in [0.3, 0.4) is 0 Å². The molecule has 3 aliphatic carbocycles. The fourth-order valence-corrected chi connectivity index (χ4v) is 18.7. The van der Waals surface area contributed by atoms with E-state index in [0.29, 0.717) is 60.1 Å². The van der Waals surface area contributed by atoms with E-state index in [1.54, 1.807) is 20.3 Å². The second kappa shape index (κ2) is 23.8. The monoisotopic (exact) mass is 1160 g/mol. The summed E-state index contributed by atoms with van der Waals surface area (Å²) in [4.78, 5) is 13.3. The van der Waals surface area contributed by atoms with E-state index in [1.165, 1.54) is 18.9 Å². The molecule has 9 aliphatic rings. The van der Waals surface area contributed by atoms with Crippen molar-refractivity contribution in [2.24, 2.45) is 29.4 Å². The Balaban J connectivity index is 1.10. The van der Waals surface area contributed by atoms with Crippen LogP contribution >= 0.6 is 21.6 Å². The smallest absolute Gasteiger partial charge is 0.302 e. The Morgan fingerprint density at radius 1 is 0.964 bits per heavy atom. The third kappa shape index (κ3) is 10.8. The number of allylic oxidation sites excluding steroid dienone is 3. The van der Waals surface area contributed by atoms with E-state index >= 15 is 0 Å². The molecule has 4 aromatic rings. The predicted octanol–water partition coefficient (Wildman–Crippen LogP) is 10.0. The third-order valence-electron chi connectivity index (χ3n) is 19.3. The summed E-state index contributed by atoms with van der Waals surface area (Å²) in [6.45, 7) is 2.36. The number of rotatable bonds is 8. The summed E-state index contributed by atoms with van der Waals surface area (Å²) < 4.78 is 33.8. The highest BCUT2D eigenvalue weighted by molar-refractivity contribution is 8.77. The Kier molecular flexibility index (Phi) is 16.1.